The number of rotatable bonds is 6. The Labute approximate surface area is 152 Å². The zero-order chi connectivity index (χ0) is 17.8. The maximum Gasteiger partial charge on any atom is 0.119 e. The normalized spacial score (nSPS) is 10.9. The van der Waals surface area contributed by atoms with E-state index in [1.54, 1.807) is 0 Å². The van der Waals surface area contributed by atoms with Crippen LogP contribution in [0.15, 0.2) is 79.1 Å². The van der Waals surface area contributed by atoms with Gasteiger partial charge < -0.3 is 15.0 Å². The molecule has 4 rings (SSSR count). The van der Waals surface area contributed by atoms with Gasteiger partial charge in [0.25, 0.3) is 0 Å². The summed E-state index contributed by atoms with van der Waals surface area (Å²) in [6.07, 6.45) is 2.77. The van der Waals surface area contributed by atoms with E-state index in [1.807, 2.05) is 42.7 Å². The summed E-state index contributed by atoms with van der Waals surface area (Å²) in [5, 5.41) is 0. The molecule has 4 heteroatoms. The van der Waals surface area contributed by atoms with E-state index in [0.29, 0.717) is 6.61 Å². The van der Waals surface area contributed by atoms with Crippen LogP contribution in [-0.2, 0) is 13.0 Å². The van der Waals surface area contributed by atoms with E-state index in [4.69, 9.17) is 10.5 Å². The van der Waals surface area contributed by atoms with E-state index in [0.717, 1.165) is 35.4 Å². The fraction of sp³-hybridized carbons (Fsp3) is 0.136. The van der Waals surface area contributed by atoms with Gasteiger partial charge >= 0.3 is 0 Å². The van der Waals surface area contributed by atoms with Gasteiger partial charge in [0.15, 0.2) is 0 Å². The molecule has 1 aromatic heterocycles. The molecule has 26 heavy (non-hydrogen) atoms. The first-order valence-corrected chi connectivity index (χ1v) is 8.74. The molecule has 0 fully saturated rings. The minimum Gasteiger partial charge on any atom is -0.492 e. The van der Waals surface area contributed by atoms with E-state index in [2.05, 4.69) is 45.9 Å². The number of fused-ring (bicyclic) bond motifs is 1. The van der Waals surface area contributed by atoms with Crippen LogP contribution in [0.2, 0.25) is 0 Å². The van der Waals surface area contributed by atoms with E-state index >= 15 is 0 Å². The molecule has 0 spiro atoms. The predicted molar refractivity (Wildman–Crippen MR) is 105 cm³/mol. The van der Waals surface area contributed by atoms with Gasteiger partial charge in [-0.3, -0.25) is 0 Å². The molecular formula is C22H21N3O. The third-order valence-electron chi connectivity index (χ3n) is 4.42. The maximum absolute atomic E-state index is 5.88. The van der Waals surface area contributed by atoms with Crippen molar-refractivity contribution in [3.05, 3.63) is 90.3 Å². The quantitative estimate of drug-likeness (QED) is 0.531. The highest BCUT2D eigenvalue weighted by atomic mass is 16.5. The second-order valence-corrected chi connectivity index (χ2v) is 6.34. The molecule has 0 aliphatic carbocycles. The molecular weight excluding hydrogens is 322 g/mol. The van der Waals surface area contributed by atoms with Gasteiger partial charge in [0, 0.05) is 5.69 Å². The molecule has 0 saturated heterocycles. The number of hydrogen-bond donors (Lipinski definition) is 1. The van der Waals surface area contributed by atoms with Crippen LogP contribution in [0.3, 0.4) is 0 Å². The van der Waals surface area contributed by atoms with Crippen molar-refractivity contribution in [3.63, 3.8) is 0 Å². The van der Waals surface area contributed by atoms with Gasteiger partial charge in [-0.05, 0) is 47.9 Å². The van der Waals surface area contributed by atoms with Crippen LogP contribution in [0.1, 0.15) is 11.1 Å². The van der Waals surface area contributed by atoms with Crippen LogP contribution in [0, 0.1) is 0 Å². The molecule has 0 bridgehead atoms. The summed E-state index contributed by atoms with van der Waals surface area (Å²) in [7, 11) is 0. The van der Waals surface area contributed by atoms with Gasteiger partial charge in [0.2, 0.25) is 0 Å². The average molecular weight is 343 g/mol. The minimum absolute atomic E-state index is 0.591. The first-order chi connectivity index (χ1) is 12.8. The van der Waals surface area contributed by atoms with Gasteiger partial charge in [-0.2, -0.15) is 0 Å². The summed E-state index contributed by atoms with van der Waals surface area (Å²) in [6.45, 7) is 1.33. The molecule has 0 radical (unpaired) electrons. The molecule has 0 aliphatic heterocycles. The average Bonchev–Trinajstić information content (AvgIpc) is 3.06. The molecule has 2 N–H and O–H groups in total. The van der Waals surface area contributed by atoms with Crippen LogP contribution in [0.25, 0.3) is 11.0 Å². The van der Waals surface area contributed by atoms with Gasteiger partial charge in [0.05, 0.1) is 23.9 Å². The van der Waals surface area contributed by atoms with Crippen LogP contribution < -0.4 is 10.5 Å². The van der Waals surface area contributed by atoms with Crippen molar-refractivity contribution in [2.75, 3.05) is 12.3 Å². The van der Waals surface area contributed by atoms with Crippen molar-refractivity contribution in [1.82, 2.24) is 9.55 Å². The number of benzene rings is 3. The minimum atomic E-state index is 0.591. The monoisotopic (exact) mass is 343 g/mol. The highest BCUT2D eigenvalue weighted by molar-refractivity contribution is 5.78. The molecule has 0 saturated carbocycles. The first kappa shape index (κ1) is 16.2. The number of nitrogens with two attached hydrogens (primary N) is 1. The lowest BCUT2D eigenvalue weighted by Gasteiger charge is -2.09. The fourth-order valence-corrected chi connectivity index (χ4v) is 3.06. The third kappa shape index (κ3) is 3.70. The number of ether oxygens (including phenoxy) is 1. The maximum atomic E-state index is 5.88. The standard InChI is InChI=1S/C22H21N3O/c23-19-8-11-22-21(15-19)24-16-25(22)12-13-26-20-9-6-18(7-10-20)14-17-4-2-1-3-5-17/h1-11,15-16H,12-14,23H2. The SMILES string of the molecule is Nc1ccc2c(c1)ncn2CCOc1ccc(Cc2ccccc2)cc1. The molecule has 0 unspecified atom stereocenters. The van der Waals surface area contributed by atoms with Gasteiger partial charge in [-0.1, -0.05) is 42.5 Å². The number of anilines is 1. The smallest absolute Gasteiger partial charge is 0.119 e. The molecule has 0 amide bonds. The Morgan fingerprint density at radius 3 is 2.46 bits per heavy atom. The van der Waals surface area contributed by atoms with Crippen LogP contribution in [-0.4, -0.2) is 16.2 Å². The fourth-order valence-electron chi connectivity index (χ4n) is 3.06. The Morgan fingerprint density at radius 1 is 0.885 bits per heavy atom. The van der Waals surface area contributed by atoms with Crippen molar-refractivity contribution in [3.8, 4) is 5.75 Å². The van der Waals surface area contributed by atoms with E-state index < -0.39 is 0 Å². The summed E-state index contributed by atoms with van der Waals surface area (Å²) in [6, 6.07) is 24.6. The topological polar surface area (TPSA) is 53.1 Å². The molecule has 3 aromatic carbocycles. The number of nitrogens with zero attached hydrogens (tertiary/aromatic N) is 2. The predicted octanol–water partition coefficient (Wildman–Crippen LogP) is 4.29. The van der Waals surface area contributed by atoms with E-state index in [9.17, 15) is 0 Å². The largest absolute Gasteiger partial charge is 0.492 e. The Bertz CT molecular complexity index is 991. The number of nitrogen functional groups attached to an aromatic ring is 1. The lowest BCUT2D eigenvalue weighted by atomic mass is 10.1. The van der Waals surface area contributed by atoms with Gasteiger partial charge in [-0.15, -0.1) is 0 Å². The molecule has 0 aliphatic rings. The Kier molecular flexibility index (Phi) is 4.56. The number of aromatic nitrogens is 2. The summed E-state index contributed by atoms with van der Waals surface area (Å²) < 4.78 is 7.97. The highest BCUT2D eigenvalue weighted by Crippen LogP contribution is 2.17. The van der Waals surface area contributed by atoms with Crippen molar-refractivity contribution < 1.29 is 4.74 Å². The second kappa shape index (κ2) is 7.31. The first-order valence-electron chi connectivity index (χ1n) is 8.74. The van der Waals surface area contributed by atoms with Crippen molar-refractivity contribution >= 4 is 16.7 Å². The van der Waals surface area contributed by atoms with Gasteiger partial charge in [0.1, 0.15) is 12.4 Å². The zero-order valence-electron chi connectivity index (χ0n) is 14.5. The van der Waals surface area contributed by atoms with Gasteiger partial charge in [-0.25, -0.2) is 4.98 Å². The molecule has 0 atom stereocenters. The molecule has 4 aromatic rings. The lowest BCUT2D eigenvalue weighted by Crippen LogP contribution is -2.07. The van der Waals surface area contributed by atoms with E-state index in [-0.39, 0.29) is 0 Å². The summed E-state index contributed by atoms with van der Waals surface area (Å²) in [4.78, 5) is 4.38. The van der Waals surface area contributed by atoms with Crippen LogP contribution >= 0.6 is 0 Å². The molecule has 4 nitrogen and oxygen atoms in total. The van der Waals surface area contributed by atoms with Crippen molar-refractivity contribution in [1.29, 1.82) is 0 Å². The second-order valence-electron chi connectivity index (χ2n) is 6.34. The van der Waals surface area contributed by atoms with Crippen molar-refractivity contribution in [2.24, 2.45) is 0 Å². The summed E-state index contributed by atoms with van der Waals surface area (Å²) in [5.74, 6) is 0.885. The highest BCUT2D eigenvalue weighted by Gasteiger charge is 2.03. The summed E-state index contributed by atoms with van der Waals surface area (Å²) >= 11 is 0. The van der Waals surface area contributed by atoms with Crippen LogP contribution in [0.5, 0.6) is 5.75 Å². The Morgan fingerprint density at radius 2 is 1.65 bits per heavy atom. The van der Waals surface area contributed by atoms with E-state index in [1.165, 1.54) is 11.1 Å². The number of hydrogen-bond acceptors (Lipinski definition) is 3. The number of imidazole rings is 1. The molecule has 1 heterocycles. The third-order valence-corrected chi connectivity index (χ3v) is 4.42. The van der Waals surface area contributed by atoms with Crippen molar-refractivity contribution in [2.45, 2.75) is 13.0 Å². The summed E-state index contributed by atoms with van der Waals surface area (Å²) in [5.41, 5.74) is 11.1. The Balaban J connectivity index is 1.34. The lowest BCUT2D eigenvalue weighted by molar-refractivity contribution is 0.300. The molecule has 130 valence electrons. The van der Waals surface area contributed by atoms with Crippen LogP contribution in [0.4, 0.5) is 5.69 Å². The Hall–Kier alpha value is -3.27. The zero-order valence-corrected chi connectivity index (χ0v) is 14.5.